The molecule has 2 amide bonds. The zero-order valence-electron chi connectivity index (χ0n) is 23.5. The Balaban J connectivity index is 1.80. The van der Waals surface area contributed by atoms with E-state index in [-0.39, 0.29) is 18.5 Å². The fourth-order valence-electron chi connectivity index (χ4n) is 5.02. The van der Waals surface area contributed by atoms with Gasteiger partial charge in [0.05, 0.1) is 19.8 Å². The van der Waals surface area contributed by atoms with E-state index in [2.05, 4.69) is 30.5 Å². The number of methoxy groups -OCH3 is 2. The summed E-state index contributed by atoms with van der Waals surface area (Å²) in [6.45, 7) is 6.37. The first kappa shape index (κ1) is 31.2. The molecule has 2 rings (SSSR count). The topological polar surface area (TPSA) is 115 Å². The minimum atomic E-state index is -0.805. The monoisotopic (exact) mass is 521 g/mol. The lowest BCUT2D eigenvalue weighted by Gasteiger charge is -2.27. The number of rotatable bonds is 17. The Morgan fingerprint density at radius 1 is 1.11 bits per heavy atom. The molecule has 212 valence electrons. The van der Waals surface area contributed by atoms with Crippen molar-refractivity contribution in [3.63, 3.8) is 0 Å². The van der Waals surface area contributed by atoms with E-state index < -0.39 is 12.1 Å². The first-order chi connectivity index (χ1) is 17.8. The largest absolute Gasteiger partial charge is 0.493 e. The van der Waals surface area contributed by atoms with Crippen LogP contribution in [-0.4, -0.2) is 63.8 Å². The zero-order valence-corrected chi connectivity index (χ0v) is 23.5. The van der Waals surface area contributed by atoms with Gasteiger partial charge < -0.3 is 35.7 Å². The summed E-state index contributed by atoms with van der Waals surface area (Å²) in [5.74, 6) is 2.80. The summed E-state index contributed by atoms with van der Waals surface area (Å²) >= 11 is 0. The van der Waals surface area contributed by atoms with Crippen molar-refractivity contribution in [2.45, 2.75) is 83.8 Å². The van der Waals surface area contributed by atoms with E-state index in [9.17, 15) is 9.90 Å². The molecule has 0 spiro atoms. The summed E-state index contributed by atoms with van der Waals surface area (Å²) in [6, 6.07) is 5.35. The number of hydrogen-bond donors (Lipinski definition) is 4. The van der Waals surface area contributed by atoms with Crippen LogP contribution < -0.4 is 25.8 Å². The summed E-state index contributed by atoms with van der Waals surface area (Å²) < 4.78 is 16.5. The number of amides is 2. The van der Waals surface area contributed by atoms with Crippen LogP contribution in [0.1, 0.15) is 70.8 Å². The molecule has 0 saturated heterocycles. The quantitative estimate of drug-likeness (QED) is 0.228. The van der Waals surface area contributed by atoms with Gasteiger partial charge in [0.1, 0.15) is 0 Å². The molecule has 5 N–H and O–H groups in total. The molecule has 1 aliphatic rings. The Morgan fingerprint density at radius 2 is 1.86 bits per heavy atom. The van der Waals surface area contributed by atoms with Gasteiger partial charge >= 0.3 is 6.03 Å². The number of carbonyl (C=O) groups is 1. The van der Waals surface area contributed by atoms with Crippen LogP contribution in [0.3, 0.4) is 0 Å². The summed E-state index contributed by atoms with van der Waals surface area (Å²) in [7, 11) is 3.32. The molecule has 0 aliphatic heterocycles. The number of benzene rings is 1. The lowest BCUT2D eigenvalue weighted by Crippen LogP contribution is -2.47. The molecule has 1 aromatic carbocycles. The lowest BCUT2D eigenvalue weighted by molar-refractivity contribution is 0.125. The Hall–Kier alpha value is -2.03. The maximum atomic E-state index is 12.2. The fourth-order valence-corrected chi connectivity index (χ4v) is 5.02. The second-order valence-electron chi connectivity index (χ2n) is 10.8. The van der Waals surface area contributed by atoms with Crippen LogP contribution in [0.15, 0.2) is 18.2 Å². The Kier molecular flexibility index (Phi) is 14.7. The molecule has 1 saturated carbocycles. The average Bonchev–Trinajstić information content (AvgIpc) is 2.90. The number of nitrogens with two attached hydrogens (primary N) is 1. The highest BCUT2D eigenvalue weighted by Crippen LogP contribution is 2.31. The molecule has 0 radical (unpaired) electrons. The number of urea groups is 1. The maximum Gasteiger partial charge on any atom is 0.314 e. The molecule has 37 heavy (non-hydrogen) atoms. The van der Waals surface area contributed by atoms with Gasteiger partial charge in [0.25, 0.3) is 0 Å². The molecular formula is C29H51N3O5. The van der Waals surface area contributed by atoms with Gasteiger partial charge in [-0.1, -0.05) is 52.0 Å². The van der Waals surface area contributed by atoms with Crippen molar-refractivity contribution < 1.29 is 24.1 Å². The first-order valence-electron chi connectivity index (χ1n) is 14.1. The fraction of sp³-hybridized carbons (Fsp3) is 0.759. The normalized spacial score (nSPS) is 16.7. The van der Waals surface area contributed by atoms with Gasteiger partial charge in [0.15, 0.2) is 11.5 Å². The second-order valence-corrected chi connectivity index (χ2v) is 10.8. The number of aliphatic hydroxyl groups is 1. The molecule has 8 nitrogen and oxygen atoms in total. The van der Waals surface area contributed by atoms with E-state index in [1.165, 1.54) is 32.1 Å². The smallest absolute Gasteiger partial charge is 0.314 e. The lowest BCUT2D eigenvalue weighted by atomic mass is 9.83. The third-order valence-corrected chi connectivity index (χ3v) is 7.52. The molecule has 1 aliphatic carbocycles. The number of hydrogen-bond acceptors (Lipinski definition) is 6. The summed E-state index contributed by atoms with van der Waals surface area (Å²) in [6.07, 6.45) is 8.98. The average molecular weight is 522 g/mol. The molecule has 0 unspecified atom stereocenters. The minimum Gasteiger partial charge on any atom is -0.493 e. The minimum absolute atomic E-state index is 0.142. The van der Waals surface area contributed by atoms with E-state index in [0.717, 1.165) is 36.5 Å². The van der Waals surface area contributed by atoms with Crippen LogP contribution in [0.25, 0.3) is 0 Å². The van der Waals surface area contributed by atoms with Crippen LogP contribution >= 0.6 is 0 Å². The zero-order chi connectivity index (χ0) is 27.0. The number of ether oxygens (including phenoxy) is 3. The highest BCUT2D eigenvalue weighted by atomic mass is 16.5. The number of aliphatic hydroxyl groups excluding tert-OH is 1. The van der Waals surface area contributed by atoms with Gasteiger partial charge in [-0.15, -0.1) is 0 Å². The van der Waals surface area contributed by atoms with Gasteiger partial charge in [-0.05, 0) is 54.7 Å². The molecule has 0 aromatic heterocycles. The third kappa shape index (κ3) is 11.9. The second kappa shape index (κ2) is 17.5. The SMILES string of the molecule is COCCCOc1cc(C[C@@H](C[C@H](N)[C@@H](O)CNC(=O)NCCC2CCCCC2)C(C)C)ccc1OC. The van der Waals surface area contributed by atoms with E-state index in [4.69, 9.17) is 19.9 Å². The molecule has 8 heteroatoms. The Morgan fingerprint density at radius 3 is 2.54 bits per heavy atom. The van der Waals surface area contributed by atoms with Crippen molar-refractivity contribution in [3.8, 4) is 11.5 Å². The van der Waals surface area contributed by atoms with Crippen molar-refractivity contribution in [2.75, 3.05) is 40.5 Å². The van der Waals surface area contributed by atoms with Gasteiger partial charge in [-0.2, -0.15) is 0 Å². The van der Waals surface area contributed by atoms with Crippen LogP contribution in [0.2, 0.25) is 0 Å². The Labute approximate surface area is 224 Å². The molecular weight excluding hydrogens is 470 g/mol. The van der Waals surface area contributed by atoms with Crippen LogP contribution in [0.4, 0.5) is 4.79 Å². The van der Waals surface area contributed by atoms with Crippen LogP contribution in [-0.2, 0) is 11.2 Å². The van der Waals surface area contributed by atoms with Crippen molar-refractivity contribution in [1.29, 1.82) is 0 Å². The number of nitrogens with one attached hydrogen (secondary N) is 2. The molecule has 1 fully saturated rings. The van der Waals surface area contributed by atoms with Gasteiger partial charge in [-0.3, -0.25) is 0 Å². The predicted octanol–water partition coefficient (Wildman–Crippen LogP) is 4.27. The van der Waals surface area contributed by atoms with Crippen molar-refractivity contribution in [2.24, 2.45) is 23.5 Å². The standard InChI is InChI=1S/C29H51N3O5/c1-21(2)24(17-23-11-12-27(36-4)28(18-23)37-16-8-15-35-3)19-25(30)26(33)20-32-29(34)31-14-13-22-9-6-5-7-10-22/h11-12,18,21-22,24-26,33H,5-10,13-17,19-20,30H2,1-4H3,(H2,31,32,34)/t24-,25-,26-/m0/s1. The predicted molar refractivity (Wildman–Crippen MR) is 148 cm³/mol. The van der Waals surface area contributed by atoms with Crippen molar-refractivity contribution >= 4 is 6.03 Å². The maximum absolute atomic E-state index is 12.2. The highest BCUT2D eigenvalue weighted by Gasteiger charge is 2.23. The van der Waals surface area contributed by atoms with Gasteiger partial charge in [0, 0.05) is 39.3 Å². The number of carbonyl (C=O) groups excluding carboxylic acids is 1. The highest BCUT2D eigenvalue weighted by molar-refractivity contribution is 5.73. The summed E-state index contributed by atoms with van der Waals surface area (Å²) in [5, 5.41) is 16.3. The third-order valence-electron chi connectivity index (χ3n) is 7.52. The van der Waals surface area contributed by atoms with Gasteiger partial charge in [-0.25, -0.2) is 4.79 Å². The van der Waals surface area contributed by atoms with E-state index in [0.29, 0.717) is 37.8 Å². The van der Waals surface area contributed by atoms with Crippen molar-refractivity contribution in [1.82, 2.24) is 10.6 Å². The molecule has 1 aromatic rings. The summed E-state index contributed by atoms with van der Waals surface area (Å²) in [4.78, 5) is 12.2. The van der Waals surface area contributed by atoms with Crippen molar-refractivity contribution in [3.05, 3.63) is 23.8 Å². The van der Waals surface area contributed by atoms with E-state index in [1.54, 1.807) is 14.2 Å². The van der Waals surface area contributed by atoms with E-state index >= 15 is 0 Å². The molecule has 0 heterocycles. The first-order valence-corrected chi connectivity index (χ1v) is 14.1. The van der Waals surface area contributed by atoms with E-state index in [1.807, 2.05) is 12.1 Å². The molecule has 3 atom stereocenters. The van der Waals surface area contributed by atoms with Crippen LogP contribution in [0, 0.1) is 17.8 Å². The summed E-state index contributed by atoms with van der Waals surface area (Å²) in [5.41, 5.74) is 7.52. The molecule has 0 bridgehead atoms. The van der Waals surface area contributed by atoms with Gasteiger partial charge in [0.2, 0.25) is 0 Å². The van der Waals surface area contributed by atoms with Crippen LogP contribution in [0.5, 0.6) is 11.5 Å². The Bertz CT molecular complexity index is 770.